The van der Waals surface area contributed by atoms with Gasteiger partial charge in [0.05, 0.1) is 12.2 Å². The summed E-state index contributed by atoms with van der Waals surface area (Å²) in [5.41, 5.74) is -0.825. The van der Waals surface area contributed by atoms with Gasteiger partial charge in [-0.3, -0.25) is 14.5 Å². The van der Waals surface area contributed by atoms with Gasteiger partial charge in [-0.05, 0) is 43.7 Å². The fourth-order valence-electron chi connectivity index (χ4n) is 4.14. The molecule has 1 aromatic carbocycles. The number of nitrogens with one attached hydrogen (secondary N) is 1. The lowest BCUT2D eigenvalue weighted by atomic mass is 9.83. The first-order valence-corrected chi connectivity index (χ1v) is 9.48. The van der Waals surface area contributed by atoms with Gasteiger partial charge in [0.25, 0.3) is 5.91 Å². The molecule has 26 heavy (non-hydrogen) atoms. The van der Waals surface area contributed by atoms with Crippen LogP contribution >= 0.6 is 0 Å². The molecule has 1 saturated carbocycles. The highest BCUT2D eigenvalue weighted by atomic mass is 19.1. The average molecular weight is 362 g/mol. The number of hydrogen-bond donors (Lipinski definition) is 1. The molecule has 1 aliphatic heterocycles. The van der Waals surface area contributed by atoms with E-state index < -0.39 is 23.5 Å². The van der Waals surface area contributed by atoms with E-state index in [0.29, 0.717) is 25.3 Å². The Kier molecular flexibility index (Phi) is 5.61. The first-order chi connectivity index (χ1) is 12.5. The van der Waals surface area contributed by atoms with Crippen LogP contribution < -0.4 is 5.32 Å². The van der Waals surface area contributed by atoms with Crippen molar-refractivity contribution in [1.29, 1.82) is 0 Å². The minimum atomic E-state index is -0.814. The maximum absolute atomic E-state index is 14.3. The van der Waals surface area contributed by atoms with Crippen molar-refractivity contribution in [3.63, 3.8) is 0 Å². The van der Waals surface area contributed by atoms with Crippen LogP contribution in [0.25, 0.3) is 0 Å². The lowest BCUT2D eigenvalue weighted by Crippen LogP contribution is -2.57. The van der Waals surface area contributed by atoms with Crippen molar-refractivity contribution in [2.75, 3.05) is 13.2 Å². The number of halogens is 1. The molecule has 0 radical (unpaired) electrons. The third kappa shape index (κ3) is 3.47. The van der Waals surface area contributed by atoms with Gasteiger partial charge in [0.1, 0.15) is 17.6 Å². The van der Waals surface area contributed by atoms with Crippen molar-refractivity contribution in [3.05, 3.63) is 35.6 Å². The Bertz CT molecular complexity index is 681. The monoisotopic (exact) mass is 362 g/mol. The molecule has 1 N–H and O–H groups in total. The van der Waals surface area contributed by atoms with Gasteiger partial charge in [-0.25, -0.2) is 4.39 Å². The molecule has 3 atom stereocenters. The van der Waals surface area contributed by atoms with Gasteiger partial charge in [0.15, 0.2) is 0 Å². The van der Waals surface area contributed by atoms with Gasteiger partial charge >= 0.3 is 0 Å². The van der Waals surface area contributed by atoms with Crippen molar-refractivity contribution in [3.8, 4) is 0 Å². The number of rotatable bonds is 4. The smallest absolute Gasteiger partial charge is 0.259 e. The van der Waals surface area contributed by atoms with E-state index >= 15 is 0 Å². The molecule has 1 spiro atoms. The molecule has 2 fully saturated rings. The van der Waals surface area contributed by atoms with Gasteiger partial charge < -0.3 is 10.1 Å². The molecule has 1 heterocycles. The zero-order valence-electron chi connectivity index (χ0n) is 15.5. The Hall–Kier alpha value is -1.95. The molecule has 1 aromatic rings. The third-order valence-corrected chi connectivity index (χ3v) is 5.37. The Balaban J connectivity index is 1.95. The fourth-order valence-corrected chi connectivity index (χ4v) is 4.14. The summed E-state index contributed by atoms with van der Waals surface area (Å²) in [5, 5.41) is 2.85. The molecular formula is C20H27FN2O3. The van der Waals surface area contributed by atoms with Crippen molar-refractivity contribution in [1.82, 2.24) is 10.2 Å². The largest absolute Gasteiger partial charge is 0.354 e. The molecule has 142 valence electrons. The SMILES string of the molecule is CCCNC(=O)[C@H]1CO[C@@]2(CCC[C@H](C)C2)N1C(=O)c1ccccc1F. The molecule has 6 heteroatoms. The van der Waals surface area contributed by atoms with Crippen LogP contribution in [-0.2, 0) is 9.53 Å². The minimum absolute atomic E-state index is 0.0103. The average Bonchev–Trinajstić information content (AvgIpc) is 2.97. The summed E-state index contributed by atoms with van der Waals surface area (Å²) < 4.78 is 20.4. The van der Waals surface area contributed by atoms with Crippen LogP contribution in [0, 0.1) is 11.7 Å². The van der Waals surface area contributed by atoms with Gasteiger partial charge in [-0.2, -0.15) is 0 Å². The molecule has 3 rings (SSSR count). The number of benzene rings is 1. The van der Waals surface area contributed by atoms with Crippen LogP contribution in [0.4, 0.5) is 4.39 Å². The van der Waals surface area contributed by atoms with E-state index in [2.05, 4.69) is 12.2 Å². The Morgan fingerprint density at radius 2 is 2.15 bits per heavy atom. The highest BCUT2D eigenvalue weighted by molar-refractivity contribution is 5.98. The molecule has 0 aromatic heterocycles. The van der Waals surface area contributed by atoms with E-state index in [1.807, 2.05) is 6.92 Å². The van der Waals surface area contributed by atoms with E-state index in [0.717, 1.165) is 19.3 Å². The quantitative estimate of drug-likeness (QED) is 0.895. The summed E-state index contributed by atoms with van der Waals surface area (Å²) in [7, 11) is 0. The van der Waals surface area contributed by atoms with Crippen LogP contribution in [-0.4, -0.2) is 41.6 Å². The summed E-state index contributed by atoms with van der Waals surface area (Å²) >= 11 is 0. The molecular weight excluding hydrogens is 335 g/mol. The molecule has 0 bridgehead atoms. The van der Waals surface area contributed by atoms with E-state index in [1.165, 1.54) is 17.0 Å². The normalized spacial score (nSPS) is 28.3. The summed E-state index contributed by atoms with van der Waals surface area (Å²) in [5.74, 6) is -0.883. The second kappa shape index (κ2) is 7.74. The second-order valence-electron chi connectivity index (χ2n) is 7.42. The van der Waals surface area contributed by atoms with Crippen molar-refractivity contribution < 1.29 is 18.7 Å². The van der Waals surface area contributed by atoms with Crippen molar-refractivity contribution >= 4 is 11.8 Å². The zero-order chi connectivity index (χ0) is 18.7. The fraction of sp³-hybridized carbons (Fsp3) is 0.600. The minimum Gasteiger partial charge on any atom is -0.354 e. The van der Waals surface area contributed by atoms with Crippen molar-refractivity contribution in [2.45, 2.75) is 57.7 Å². The van der Waals surface area contributed by atoms with Crippen LogP contribution in [0.2, 0.25) is 0 Å². The van der Waals surface area contributed by atoms with E-state index in [9.17, 15) is 14.0 Å². The molecule has 0 unspecified atom stereocenters. The van der Waals surface area contributed by atoms with E-state index in [-0.39, 0.29) is 18.1 Å². The maximum Gasteiger partial charge on any atom is 0.259 e. The van der Waals surface area contributed by atoms with E-state index in [1.54, 1.807) is 12.1 Å². The molecule has 2 aliphatic rings. The summed E-state index contributed by atoms with van der Waals surface area (Å²) in [6.07, 6.45) is 4.15. The molecule has 5 nitrogen and oxygen atoms in total. The van der Waals surface area contributed by atoms with Crippen LogP contribution in [0.15, 0.2) is 24.3 Å². The topological polar surface area (TPSA) is 58.6 Å². The number of amides is 2. The summed E-state index contributed by atoms with van der Waals surface area (Å²) in [6, 6.07) is 5.20. The van der Waals surface area contributed by atoms with Crippen LogP contribution in [0.3, 0.4) is 0 Å². The maximum atomic E-state index is 14.3. The summed E-state index contributed by atoms with van der Waals surface area (Å²) in [4.78, 5) is 27.4. The first-order valence-electron chi connectivity index (χ1n) is 9.48. The highest BCUT2D eigenvalue weighted by Crippen LogP contribution is 2.43. The number of carbonyl (C=O) groups is 2. The number of hydrogen-bond acceptors (Lipinski definition) is 3. The third-order valence-electron chi connectivity index (χ3n) is 5.37. The van der Waals surface area contributed by atoms with E-state index in [4.69, 9.17) is 4.74 Å². The first kappa shape index (κ1) is 18.8. The highest BCUT2D eigenvalue weighted by Gasteiger charge is 2.54. The van der Waals surface area contributed by atoms with Gasteiger partial charge in [0.2, 0.25) is 5.91 Å². The van der Waals surface area contributed by atoms with Gasteiger partial charge in [-0.15, -0.1) is 0 Å². The number of carbonyl (C=O) groups excluding carboxylic acids is 2. The van der Waals surface area contributed by atoms with Gasteiger partial charge in [0, 0.05) is 6.54 Å². The molecule has 1 aliphatic carbocycles. The lowest BCUT2D eigenvalue weighted by Gasteiger charge is -2.43. The number of ether oxygens (including phenoxy) is 1. The Labute approximate surface area is 153 Å². The van der Waals surface area contributed by atoms with Crippen molar-refractivity contribution in [2.24, 2.45) is 5.92 Å². The zero-order valence-corrected chi connectivity index (χ0v) is 15.5. The standard InChI is InChI=1S/C20H27FN2O3/c1-3-11-22-18(24)17-13-26-20(10-6-7-14(2)12-20)23(17)19(25)15-8-4-5-9-16(15)21/h4-5,8-9,14,17H,3,6-7,10-13H2,1-2H3,(H,22,24)/t14-,17+,20+/m0/s1. The number of nitrogens with zero attached hydrogens (tertiary/aromatic N) is 1. The molecule has 1 saturated heterocycles. The Morgan fingerprint density at radius 3 is 2.85 bits per heavy atom. The summed E-state index contributed by atoms with van der Waals surface area (Å²) in [6.45, 7) is 4.79. The van der Waals surface area contributed by atoms with Crippen LogP contribution in [0.1, 0.15) is 56.3 Å². The Morgan fingerprint density at radius 1 is 1.38 bits per heavy atom. The van der Waals surface area contributed by atoms with Gasteiger partial charge in [-0.1, -0.05) is 32.4 Å². The predicted octanol–water partition coefficient (Wildman–Crippen LogP) is 3.10. The van der Waals surface area contributed by atoms with Crippen LogP contribution in [0.5, 0.6) is 0 Å². The molecule has 2 amide bonds. The predicted molar refractivity (Wildman–Crippen MR) is 96.0 cm³/mol. The second-order valence-corrected chi connectivity index (χ2v) is 7.42. The lowest BCUT2D eigenvalue weighted by molar-refractivity contribution is -0.128.